The normalized spacial score (nSPS) is 10.4. The molecule has 1 heterocycles. The van der Waals surface area contributed by atoms with E-state index in [0.29, 0.717) is 0 Å². The second kappa shape index (κ2) is 2.48. The van der Waals surface area contributed by atoms with Gasteiger partial charge in [-0.25, -0.2) is 4.98 Å². The highest BCUT2D eigenvalue weighted by molar-refractivity contribution is 5.93. The molecule has 0 atom stereocenters. The quantitative estimate of drug-likeness (QED) is 0.582. The van der Waals surface area contributed by atoms with Gasteiger partial charge in [0.25, 0.3) is 0 Å². The van der Waals surface area contributed by atoms with Crippen LogP contribution in [0, 0.1) is 6.92 Å². The molecule has 0 aliphatic heterocycles. The number of rotatable bonds is 0. The van der Waals surface area contributed by atoms with E-state index in [0.717, 1.165) is 16.8 Å². The van der Waals surface area contributed by atoms with Crippen molar-refractivity contribution in [3.8, 4) is 0 Å². The number of nitrogens with one attached hydrogen (secondary N) is 1. The predicted octanol–water partition coefficient (Wildman–Crippen LogP) is 1.54. The van der Waals surface area contributed by atoms with Crippen LogP contribution in [0.1, 0.15) is 5.69 Å². The SMILES string of the molecule is Cc1[nH+]ccc2c(N)cccc12. The van der Waals surface area contributed by atoms with Gasteiger partial charge in [0, 0.05) is 24.1 Å². The average molecular weight is 159 g/mol. The lowest BCUT2D eigenvalue weighted by atomic mass is 10.1. The minimum absolute atomic E-state index is 0.838. The Morgan fingerprint density at radius 3 is 2.75 bits per heavy atom. The number of benzene rings is 1. The van der Waals surface area contributed by atoms with Crippen molar-refractivity contribution < 1.29 is 4.98 Å². The molecule has 1 aromatic carbocycles. The summed E-state index contributed by atoms with van der Waals surface area (Å²) < 4.78 is 0. The van der Waals surface area contributed by atoms with Gasteiger partial charge in [-0.05, 0) is 12.1 Å². The van der Waals surface area contributed by atoms with Crippen molar-refractivity contribution in [2.45, 2.75) is 6.92 Å². The Bertz CT molecular complexity index is 380. The van der Waals surface area contributed by atoms with Crippen molar-refractivity contribution in [3.63, 3.8) is 0 Å². The van der Waals surface area contributed by atoms with Gasteiger partial charge in [0.05, 0.1) is 5.39 Å². The monoisotopic (exact) mass is 159 g/mol. The van der Waals surface area contributed by atoms with Gasteiger partial charge in [-0.3, -0.25) is 0 Å². The maximum Gasteiger partial charge on any atom is 0.184 e. The van der Waals surface area contributed by atoms with Crippen LogP contribution in [0.2, 0.25) is 0 Å². The van der Waals surface area contributed by atoms with E-state index in [1.807, 2.05) is 31.3 Å². The van der Waals surface area contributed by atoms with Crippen molar-refractivity contribution in [2.75, 3.05) is 5.73 Å². The third-order valence-corrected chi connectivity index (χ3v) is 2.09. The second-order valence-electron chi connectivity index (χ2n) is 2.91. The molecule has 0 spiro atoms. The molecule has 0 amide bonds. The molecular formula is C10H11N2+. The molecule has 1 aromatic heterocycles. The molecule has 3 N–H and O–H groups in total. The number of anilines is 1. The molecule has 2 rings (SSSR count). The first-order chi connectivity index (χ1) is 5.79. The van der Waals surface area contributed by atoms with Gasteiger partial charge in [0.2, 0.25) is 0 Å². The number of hydrogen-bond acceptors (Lipinski definition) is 1. The number of nitrogen functional groups attached to an aromatic ring is 1. The molecule has 0 aliphatic carbocycles. The Labute approximate surface area is 71.0 Å². The molecule has 0 saturated heterocycles. The van der Waals surface area contributed by atoms with Crippen LogP contribution in [0.4, 0.5) is 5.69 Å². The maximum absolute atomic E-state index is 5.81. The van der Waals surface area contributed by atoms with Gasteiger partial charge in [0.15, 0.2) is 11.9 Å². The summed E-state index contributed by atoms with van der Waals surface area (Å²) in [6, 6.07) is 7.95. The summed E-state index contributed by atoms with van der Waals surface area (Å²) in [6.07, 6.45) is 1.91. The standard InChI is InChI=1S/C10H10N2/c1-7-8-3-2-4-10(11)9(8)5-6-12-7/h2-6H,11H2,1H3/p+1. The first kappa shape index (κ1) is 7.10. The van der Waals surface area contributed by atoms with Crippen LogP contribution in [0.25, 0.3) is 10.8 Å². The van der Waals surface area contributed by atoms with Gasteiger partial charge in [0.1, 0.15) is 0 Å². The van der Waals surface area contributed by atoms with Crippen LogP contribution in [-0.2, 0) is 0 Å². The molecule has 0 bridgehead atoms. The summed E-state index contributed by atoms with van der Waals surface area (Å²) in [5, 5.41) is 2.31. The molecule has 0 fully saturated rings. The molecule has 60 valence electrons. The Balaban J connectivity index is 2.94. The first-order valence-corrected chi connectivity index (χ1v) is 3.94. The number of H-pyrrole nitrogens is 1. The Kier molecular flexibility index (Phi) is 1.47. The minimum atomic E-state index is 0.838. The third kappa shape index (κ3) is 0.925. The average Bonchev–Trinajstić information content (AvgIpc) is 2.07. The zero-order chi connectivity index (χ0) is 8.55. The van der Waals surface area contributed by atoms with Gasteiger partial charge < -0.3 is 5.73 Å². The second-order valence-corrected chi connectivity index (χ2v) is 2.91. The summed E-state index contributed by atoms with van der Waals surface area (Å²) in [5.74, 6) is 0. The highest BCUT2D eigenvalue weighted by Crippen LogP contribution is 2.20. The number of pyridine rings is 1. The lowest BCUT2D eigenvalue weighted by molar-refractivity contribution is -0.385. The van der Waals surface area contributed by atoms with E-state index in [1.54, 1.807) is 0 Å². The molecular weight excluding hydrogens is 148 g/mol. The Morgan fingerprint density at radius 1 is 1.17 bits per heavy atom. The largest absolute Gasteiger partial charge is 0.398 e. The Hall–Kier alpha value is -1.57. The fourth-order valence-electron chi connectivity index (χ4n) is 1.42. The number of aromatic nitrogens is 1. The number of aryl methyl sites for hydroxylation is 1. The van der Waals surface area contributed by atoms with Gasteiger partial charge in [-0.15, -0.1) is 0 Å². The van der Waals surface area contributed by atoms with Crippen molar-refractivity contribution in [2.24, 2.45) is 0 Å². The summed E-state index contributed by atoms with van der Waals surface area (Å²) in [6.45, 7) is 2.04. The van der Waals surface area contributed by atoms with Crippen LogP contribution in [0.5, 0.6) is 0 Å². The molecule has 2 aromatic rings. The van der Waals surface area contributed by atoms with Gasteiger partial charge >= 0.3 is 0 Å². The fourth-order valence-corrected chi connectivity index (χ4v) is 1.42. The number of fused-ring (bicyclic) bond motifs is 1. The van der Waals surface area contributed by atoms with E-state index in [4.69, 9.17) is 5.73 Å². The Morgan fingerprint density at radius 2 is 2.00 bits per heavy atom. The zero-order valence-corrected chi connectivity index (χ0v) is 6.96. The molecule has 12 heavy (non-hydrogen) atoms. The lowest BCUT2D eigenvalue weighted by Crippen LogP contribution is -2.06. The lowest BCUT2D eigenvalue weighted by Gasteiger charge is -1.98. The number of hydrogen-bond donors (Lipinski definition) is 1. The van der Waals surface area contributed by atoms with Crippen LogP contribution in [0.3, 0.4) is 0 Å². The van der Waals surface area contributed by atoms with E-state index in [-0.39, 0.29) is 0 Å². The minimum Gasteiger partial charge on any atom is -0.398 e. The first-order valence-electron chi connectivity index (χ1n) is 3.94. The summed E-state index contributed by atoms with van der Waals surface area (Å²) >= 11 is 0. The molecule has 2 nitrogen and oxygen atoms in total. The van der Waals surface area contributed by atoms with Crippen molar-refractivity contribution in [3.05, 3.63) is 36.2 Å². The molecule has 0 radical (unpaired) electrons. The maximum atomic E-state index is 5.81. The van der Waals surface area contributed by atoms with Crippen LogP contribution in [-0.4, -0.2) is 0 Å². The predicted molar refractivity (Wildman–Crippen MR) is 49.7 cm³/mol. The highest BCUT2D eigenvalue weighted by Gasteiger charge is 2.03. The van der Waals surface area contributed by atoms with Crippen molar-refractivity contribution >= 4 is 16.5 Å². The van der Waals surface area contributed by atoms with Gasteiger partial charge in [-0.2, -0.15) is 0 Å². The topological polar surface area (TPSA) is 40.2 Å². The summed E-state index contributed by atoms with van der Waals surface area (Å²) in [5.41, 5.74) is 7.80. The summed E-state index contributed by atoms with van der Waals surface area (Å²) in [7, 11) is 0. The fraction of sp³-hybridized carbons (Fsp3) is 0.100. The van der Waals surface area contributed by atoms with E-state index < -0.39 is 0 Å². The molecule has 0 unspecified atom stereocenters. The molecule has 2 heteroatoms. The number of aromatic amines is 1. The van der Waals surface area contributed by atoms with E-state index in [2.05, 4.69) is 11.1 Å². The summed E-state index contributed by atoms with van der Waals surface area (Å²) in [4.78, 5) is 3.15. The third-order valence-electron chi connectivity index (χ3n) is 2.09. The molecule has 0 saturated carbocycles. The highest BCUT2D eigenvalue weighted by atomic mass is 14.7. The van der Waals surface area contributed by atoms with Crippen molar-refractivity contribution in [1.82, 2.24) is 0 Å². The van der Waals surface area contributed by atoms with E-state index >= 15 is 0 Å². The van der Waals surface area contributed by atoms with E-state index in [1.165, 1.54) is 5.39 Å². The van der Waals surface area contributed by atoms with Crippen LogP contribution >= 0.6 is 0 Å². The van der Waals surface area contributed by atoms with Gasteiger partial charge in [-0.1, -0.05) is 6.07 Å². The van der Waals surface area contributed by atoms with Crippen LogP contribution < -0.4 is 10.7 Å². The molecule has 0 aliphatic rings. The zero-order valence-electron chi connectivity index (χ0n) is 6.96. The van der Waals surface area contributed by atoms with E-state index in [9.17, 15) is 0 Å². The number of nitrogens with two attached hydrogens (primary N) is 1. The smallest absolute Gasteiger partial charge is 0.184 e. The van der Waals surface area contributed by atoms with Crippen molar-refractivity contribution in [1.29, 1.82) is 0 Å². The van der Waals surface area contributed by atoms with Crippen LogP contribution in [0.15, 0.2) is 30.5 Å².